The highest BCUT2D eigenvalue weighted by Gasteiger charge is 2.32. The van der Waals surface area contributed by atoms with Crippen LogP contribution in [-0.4, -0.2) is 64.5 Å². The van der Waals surface area contributed by atoms with E-state index in [1.54, 1.807) is 20.0 Å². The molecule has 0 aliphatic carbocycles. The van der Waals surface area contributed by atoms with Gasteiger partial charge in [-0.15, -0.1) is 0 Å². The molecule has 0 saturated heterocycles. The van der Waals surface area contributed by atoms with Gasteiger partial charge in [0.15, 0.2) is 0 Å². The predicted octanol–water partition coefficient (Wildman–Crippen LogP) is 1.41. The van der Waals surface area contributed by atoms with E-state index >= 15 is 0 Å². The SMILES string of the molecule is CCC(C)C(N)C(=O)NC(C(=O)NC(Cc1c[nH]c2ccccc12)C(=O)NC(CCCCN)C(=O)O)C(C)C. The minimum absolute atomic E-state index is 0.0755. The zero-order chi connectivity index (χ0) is 29.1. The third kappa shape index (κ3) is 9.07. The van der Waals surface area contributed by atoms with Crippen LogP contribution in [0, 0.1) is 11.8 Å². The van der Waals surface area contributed by atoms with Crippen molar-refractivity contribution in [2.24, 2.45) is 23.3 Å². The molecule has 0 radical (unpaired) electrons. The number of benzene rings is 1. The van der Waals surface area contributed by atoms with Crippen molar-refractivity contribution in [2.75, 3.05) is 6.54 Å². The molecule has 3 amide bonds. The summed E-state index contributed by atoms with van der Waals surface area (Å²) in [5.74, 6) is -3.15. The second kappa shape index (κ2) is 15.2. The van der Waals surface area contributed by atoms with Crippen LogP contribution in [0.25, 0.3) is 10.9 Å². The Balaban J connectivity index is 2.29. The number of unbranched alkanes of at least 4 members (excludes halogenated alkanes) is 1. The first-order valence-corrected chi connectivity index (χ1v) is 13.6. The zero-order valence-electron chi connectivity index (χ0n) is 23.3. The van der Waals surface area contributed by atoms with Gasteiger partial charge in [0.2, 0.25) is 17.7 Å². The third-order valence-corrected chi connectivity index (χ3v) is 7.10. The van der Waals surface area contributed by atoms with Crippen molar-refractivity contribution in [1.29, 1.82) is 0 Å². The Morgan fingerprint density at radius 1 is 0.949 bits per heavy atom. The molecule has 5 unspecified atom stereocenters. The molecule has 0 aliphatic heterocycles. The second-order valence-corrected chi connectivity index (χ2v) is 10.5. The molecule has 0 saturated carbocycles. The van der Waals surface area contributed by atoms with E-state index in [0.717, 1.165) is 16.5 Å². The Kier molecular flexibility index (Phi) is 12.4. The van der Waals surface area contributed by atoms with E-state index in [-0.39, 0.29) is 24.7 Å². The molecule has 1 heterocycles. The molecule has 0 fully saturated rings. The molecule has 216 valence electrons. The third-order valence-electron chi connectivity index (χ3n) is 7.10. The van der Waals surface area contributed by atoms with Gasteiger partial charge < -0.3 is 37.5 Å². The molecule has 2 rings (SSSR count). The number of amides is 3. The summed E-state index contributed by atoms with van der Waals surface area (Å²) in [6.45, 7) is 7.78. The fourth-order valence-electron chi connectivity index (χ4n) is 4.31. The summed E-state index contributed by atoms with van der Waals surface area (Å²) >= 11 is 0. The van der Waals surface area contributed by atoms with E-state index in [0.29, 0.717) is 25.8 Å². The summed E-state index contributed by atoms with van der Waals surface area (Å²) < 4.78 is 0. The van der Waals surface area contributed by atoms with Crippen LogP contribution in [0.2, 0.25) is 0 Å². The van der Waals surface area contributed by atoms with Crippen LogP contribution in [0.15, 0.2) is 30.5 Å². The highest BCUT2D eigenvalue weighted by atomic mass is 16.4. The van der Waals surface area contributed by atoms with Crippen LogP contribution in [0.4, 0.5) is 0 Å². The van der Waals surface area contributed by atoms with Crippen LogP contribution in [0.5, 0.6) is 0 Å². The number of carbonyl (C=O) groups is 4. The van der Waals surface area contributed by atoms with Gasteiger partial charge in [-0.3, -0.25) is 14.4 Å². The quantitative estimate of drug-likeness (QED) is 0.155. The molecule has 0 aliphatic rings. The molecule has 1 aromatic heterocycles. The van der Waals surface area contributed by atoms with Crippen molar-refractivity contribution in [3.8, 4) is 0 Å². The van der Waals surface area contributed by atoms with E-state index in [4.69, 9.17) is 11.5 Å². The maximum Gasteiger partial charge on any atom is 0.326 e. The first kappa shape index (κ1) is 31.8. The topological polar surface area (TPSA) is 192 Å². The molecule has 9 N–H and O–H groups in total. The number of hydrogen-bond donors (Lipinski definition) is 7. The first-order valence-electron chi connectivity index (χ1n) is 13.6. The molecule has 0 bridgehead atoms. The minimum atomic E-state index is -1.16. The summed E-state index contributed by atoms with van der Waals surface area (Å²) in [6.07, 6.45) is 3.96. The summed E-state index contributed by atoms with van der Waals surface area (Å²) in [4.78, 5) is 54.6. The molecule has 0 spiro atoms. The van der Waals surface area contributed by atoms with Gasteiger partial charge in [0.05, 0.1) is 6.04 Å². The number of carboxylic acid groups (broad SMARTS) is 1. The zero-order valence-corrected chi connectivity index (χ0v) is 23.3. The van der Waals surface area contributed by atoms with Crippen molar-refractivity contribution < 1.29 is 24.3 Å². The maximum atomic E-state index is 13.4. The molecule has 5 atom stereocenters. The van der Waals surface area contributed by atoms with Crippen LogP contribution in [0.1, 0.15) is 58.9 Å². The molecule has 39 heavy (non-hydrogen) atoms. The number of aliphatic carboxylic acids is 1. The molecule has 11 nitrogen and oxygen atoms in total. The fourth-order valence-corrected chi connectivity index (χ4v) is 4.31. The summed E-state index contributed by atoms with van der Waals surface area (Å²) in [6, 6.07) is 3.62. The number of H-pyrrole nitrogens is 1. The number of aromatic nitrogens is 1. The molecule has 2 aromatic rings. The standard InChI is InChI=1S/C28H44N6O5/c1-5-17(4)23(30)26(36)34-24(16(2)3)27(37)33-22(14-18-15-31-20-11-7-6-10-19(18)20)25(35)32-21(28(38)39)12-8-9-13-29/h6-7,10-11,15-17,21-24,31H,5,8-9,12-14,29-30H2,1-4H3,(H,32,35)(H,33,37)(H,34,36)(H,38,39). The lowest BCUT2D eigenvalue weighted by molar-refractivity contribution is -0.142. The number of aromatic amines is 1. The lowest BCUT2D eigenvalue weighted by Crippen LogP contribution is -2.59. The highest BCUT2D eigenvalue weighted by molar-refractivity contribution is 5.95. The van der Waals surface area contributed by atoms with Crippen molar-refractivity contribution in [1.82, 2.24) is 20.9 Å². The Labute approximate surface area is 229 Å². The van der Waals surface area contributed by atoms with Crippen LogP contribution in [0.3, 0.4) is 0 Å². The normalized spacial score (nSPS) is 15.3. The van der Waals surface area contributed by atoms with Gasteiger partial charge >= 0.3 is 5.97 Å². The van der Waals surface area contributed by atoms with Crippen LogP contribution < -0.4 is 27.4 Å². The minimum Gasteiger partial charge on any atom is -0.480 e. The number of nitrogens with two attached hydrogens (primary N) is 2. The average Bonchev–Trinajstić information content (AvgIpc) is 3.31. The number of rotatable bonds is 16. The Morgan fingerprint density at radius 2 is 1.62 bits per heavy atom. The molecular formula is C28H44N6O5. The number of nitrogens with one attached hydrogen (secondary N) is 4. The molecule has 1 aromatic carbocycles. The van der Waals surface area contributed by atoms with E-state index in [2.05, 4.69) is 20.9 Å². The highest BCUT2D eigenvalue weighted by Crippen LogP contribution is 2.20. The fraction of sp³-hybridized carbons (Fsp3) is 0.571. The monoisotopic (exact) mass is 544 g/mol. The Hall–Kier alpha value is -3.44. The number of fused-ring (bicyclic) bond motifs is 1. The van der Waals surface area contributed by atoms with Crippen molar-refractivity contribution >= 4 is 34.6 Å². The van der Waals surface area contributed by atoms with E-state index in [9.17, 15) is 24.3 Å². The lowest BCUT2D eigenvalue weighted by atomic mass is 9.97. The smallest absolute Gasteiger partial charge is 0.326 e. The Bertz CT molecular complexity index is 1120. The van der Waals surface area contributed by atoms with E-state index < -0.39 is 47.9 Å². The van der Waals surface area contributed by atoms with Gasteiger partial charge in [0.1, 0.15) is 18.1 Å². The van der Waals surface area contributed by atoms with E-state index in [1.165, 1.54) is 0 Å². The predicted molar refractivity (Wildman–Crippen MR) is 151 cm³/mol. The summed E-state index contributed by atoms with van der Waals surface area (Å²) in [7, 11) is 0. The number of para-hydroxylation sites is 1. The van der Waals surface area contributed by atoms with Gasteiger partial charge in [0.25, 0.3) is 0 Å². The van der Waals surface area contributed by atoms with Gasteiger partial charge in [-0.05, 0) is 49.3 Å². The van der Waals surface area contributed by atoms with Crippen LogP contribution >= 0.6 is 0 Å². The van der Waals surface area contributed by atoms with Gasteiger partial charge in [-0.25, -0.2) is 4.79 Å². The van der Waals surface area contributed by atoms with Crippen LogP contribution in [-0.2, 0) is 25.6 Å². The van der Waals surface area contributed by atoms with E-state index in [1.807, 2.05) is 38.1 Å². The van der Waals surface area contributed by atoms with Crippen molar-refractivity contribution in [3.63, 3.8) is 0 Å². The van der Waals surface area contributed by atoms with Crippen molar-refractivity contribution in [2.45, 2.75) is 84.0 Å². The van der Waals surface area contributed by atoms with Crippen molar-refractivity contribution in [3.05, 3.63) is 36.0 Å². The van der Waals surface area contributed by atoms with Gasteiger partial charge in [-0.1, -0.05) is 52.3 Å². The van der Waals surface area contributed by atoms with Gasteiger partial charge in [-0.2, -0.15) is 0 Å². The first-order chi connectivity index (χ1) is 18.5. The summed E-state index contributed by atoms with van der Waals surface area (Å²) in [5.41, 5.74) is 13.2. The summed E-state index contributed by atoms with van der Waals surface area (Å²) in [5, 5.41) is 18.6. The number of carboxylic acids is 1. The molecular weight excluding hydrogens is 500 g/mol. The second-order valence-electron chi connectivity index (χ2n) is 10.5. The Morgan fingerprint density at radius 3 is 2.23 bits per heavy atom. The largest absolute Gasteiger partial charge is 0.480 e. The average molecular weight is 545 g/mol. The van der Waals surface area contributed by atoms with Gasteiger partial charge in [0, 0.05) is 23.5 Å². The lowest BCUT2D eigenvalue weighted by Gasteiger charge is -2.28. The number of carbonyl (C=O) groups excluding carboxylic acids is 3. The molecule has 11 heteroatoms. The number of hydrogen-bond acceptors (Lipinski definition) is 6. The maximum absolute atomic E-state index is 13.4.